The molecule has 3 rings (SSSR count). The van der Waals surface area contributed by atoms with Crippen molar-refractivity contribution >= 4 is 11.8 Å². The molecule has 0 saturated heterocycles. The van der Waals surface area contributed by atoms with E-state index in [1.807, 2.05) is 19.1 Å². The Hall–Kier alpha value is -3.09. The lowest BCUT2D eigenvalue weighted by atomic mass is 10.2. The van der Waals surface area contributed by atoms with Crippen molar-refractivity contribution in [2.24, 2.45) is 0 Å². The predicted octanol–water partition coefficient (Wildman–Crippen LogP) is 3.86. The highest BCUT2D eigenvalue weighted by Gasteiger charge is 2.07. The van der Waals surface area contributed by atoms with Crippen LogP contribution in [-0.4, -0.2) is 21.5 Å². The van der Waals surface area contributed by atoms with Crippen LogP contribution in [0.2, 0.25) is 0 Å². The molecule has 0 atom stereocenters. The smallest absolute Gasteiger partial charge is 0.225 e. The minimum absolute atomic E-state index is 0.315. The van der Waals surface area contributed by atoms with E-state index in [0.29, 0.717) is 30.4 Å². The van der Waals surface area contributed by atoms with Crippen LogP contribution in [0, 0.1) is 11.6 Å². The number of nitrogens with one attached hydrogen (secondary N) is 2. The fourth-order valence-electron chi connectivity index (χ4n) is 2.29. The number of nitrogens with zero attached hydrogens (tertiary/aromatic N) is 3. The Labute approximate surface area is 144 Å². The third-order valence-corrected chi connectivity index (χ3v) is 3.49. The van der Waals surface area contributed by atoms with Crippen molar-refractivity contribution in [2.75, 3.05) is 17.2 Å². The largest absolute Gasteiger partial charge is 0.366 e. The standard InChI is InChI=1S/C18H17F2N5/c1-2-22-18-24-16(13-5-7-21-8-6-13)10-17(25-18)23-11-12-3-4-14(19)15(20)9-12/h3-10H,2,11H2,1H3,(H2,22,23,24,25). The maximum Gasteiger partial charge on any atom is 0.225 e. The van der Waals surface area contributed by atoms with Gasteiger partial charge >= 0.3 is 0 Å². The van der Waals surface area contributed by atoms with Gasteiger partial charge in [0, 0.05) is 37.1 Å². The molecule has 0 spiro atoms. The number of hydrogen-bond acceptors (Lipinski definition) is 5. The van der Waals surface area contributed by atoms with Crippen LogP contribution in [0.1, 0.15) is 12.5 Å². The van der Waals surface area contributed by atoms with Crippen molar-refractivity contribution in [2.45, 2.75) is 13.5 Å². The maximum atomic E-state index is 13.3. The zero-order chi connectivity index (χ0) is 17.6. The summed E-state index contributed by atoms with van der Waals surface area (Å²) in [6.07, 6.45) is 3.39. The summed E-state index contributed by atoms with van der Waals surface area (Å²) in [6, 6.07) is 9.32. The Bertz CT molecular complexity index is 855. The third kappa shape index (κ3) is 4.26. The summed E-state index contributed by atoms with van der Waals surface area (Å²) in [7, 11) is 0. The highest BCUT2D eigenvalue weighted by Crippen LogP contribution is 2.21. The van der Waals surface area contributed by atoms with Gasteiger partial charge in [-0.2, -0.15) is 4.98 Å². The molecule has 0 unspecified atom stereocenters. The second-order valence-electron chi connectivity index (χ2n) is 5.33. The lowest BCUT2D eigenvalue weighted by Crippen LogP contribution is -2.07. The molecular weight excluding hydrogens is 324 g/mol. The van der Waals surface area contributed by atoms with Crippen LogP contribution < -0.4 is 10.6 Å². The molecule has 2 N–H and O–H groups in total. The first-order valence-corrected chi connectivity index (χ1v) is 7.87. The molecule has 3 aromatic rings. The summed E-state index contributed by atoms with van der Waals surface area (Å²) in [5.41, 5.74) is 2.27. The van der Waals surface area contributed by atoms with E-state index in [-0.39, 0.29) is 0 Å². The summed E-state index contributed by atoms with van der Waals surface area (Å²) in [5, 5.41) is 6.21. The molecule has 0 radical (unpaired) electrons. The van der Waals surface area contributed by atoms with E-state index in [1.54, 1.807) is 18.5 Å². The van der Waals surface area contributed by atoms with Crippen LogP contribution >= 0.6 is 0 Å². The topological polar surface area (TPSA) is 62.7 Å². The first-order valence-electron chi connectivity index (χ1n) is 7.87. The summed E-state index contributed by atoms with van der Waals surface area (Å²) in [4.78, 5) is 12.9. The molecule has 0 aliphatic rings. The van der Waals surface area contributed by atoms with Gasteiger partial charge in [-0.05, 0) is 36.8 Å². The monoisotopic (exact) mass is 341 g/mol. The van der Waals surface area contributed by atoms with E-state index >= 15 is 0 Å². The lowest BCUT2D eigenvalue weighted by molar-refractivity contribution is 0.507. The molecule has 7 heteroatoms. The van der Waals surface area contributed by atoms with E-state index in [0.717, 1.165) is 17.3 Å². The van der Waals surface area contributed by atoms with Crippen molar-refractivity contribution in [3.05, 3.63) is 66.0 Å². The van der Waals surface area contributed by atoms with Gasteiger partial charge in [-0.25, -0.2) is 13.8 Å². The van der Waals surface area contributed by atoms with Gasteiger partial charge in [0.2, 0.25) is 5.95 Å². The number of benzene rings is 1. The van der Waals surface area contributed by atoms with Crippen LogP contribution in [0.15, 0.2) is 48.8 Å². The Kier molecular flexibility index (Phi) is 5.13. The molecule has 0 amide bonds. The molecule has 0 aliphatic carbocycles. The van der Waals surface area contributed by atoms with Crippen molar-refractivity contribution < 1.29 is 8.78 Å². The minimum atomic E-state index is -0.868. The van der Waals surface area contributed by atoms with Crippen LogP contribution in [0.5, 0.6) is 0 Å². The quantitative estimate of drug-likeness (QED) is 0.713. The fraction of sp³-hybridized carbons (Fsp3) is 0.167. The third-order valence-electron chi connectivity index (χ3n) is 3.49. The average Bonchev–Trinajstić information content (AvgIpc) is 2.63. The summed E-state index contributed by atoms with van der Waals surface area (Å²) >= 11 is 0. The van der Waals surface area contributed by atoms with Crippen LogP contribution in [0.3, 0.4) is 0 Å². The molecule has 0 fully saturated rings. The normalized spacial score (nSPS) is 10.5. The van der Waals surface area contributed by atoms with Gasteiger partial charge in [-0.1, -0.05) is 6.07 Å². The molecule has 128 valence electrons. The second-order valence-corrected chi connectivity index (χ2v) is 5.33. The van der Waals surface area contributed by atoms with Crippen molar-refractivity contribution in [1.29, 1.82) is 0 Å². The zero-order valence-corrected chi connectivity index (χ0v) is 13.6. The van der Waals surface area contributed by atoms with Gasteiger partial charge < -0.3 is 10.6 Å². The molecule has 0 aliphatic heterocycles. The molecule has 1 aromatic carbocycles. The Morgan fingerprint density at radius 3 is 2.44 bits per heavy atom. The van der Waals surface area contributed by atoms with E-state index in [1.165, 1.54) is 12.1 Å². The van der Waals surface area contributed by atoms with Gasteiger partial charge in [0.25, 0.3) is 0 Å². The van der Waals surface area contributed by atoms with E-state index in [2.05, 4.69) is 25.6 Å². The first kappa shape index (κ1) is 16.8. The molecule has 5 nitrogen and oxygen atoms in total. The van der Waals surface area contributed by atoms with E-state index < -0.39 is 11.6 Å². The summed E-state index contributed by atoms with van der Waals surface area (Å²) < 4.78 is 26.3. The number of hydrogen-bond donors (Lipinski definition) is 2. The number of pyridine rings is 1. The van der Waals surface area contributed by atoms with Gasteiger partial charge in [0.1, 0.15) is 5.82 Å². The SMILES string of the molecule is CCNc1nc(NCc2ccc(F)c(F)c2)cc(-c2ccncc2)n1. The first-order chi connectivity index (χ1) is 12.2. The number of anilines is 2. The predicted molar refractivity (Wildman–Crippen MR) is 93.1 cm³/mol. The zero-order valence-electron chi connectivity index (χ0n) is 13.6. The Morgan fingerprint density at radius 2 is 1.72 bits per heavy atom. The maximum absolute atomic E-state index is 13.3. The van der Waals surface area contributed by atoms with E-state index in [4.69, 9.17) is 0 Å². The van der Waals surface area contributed by atoms with Gasteiger partial charge in [0.15, 0.2) is 11.6 Å². The fourth-order valence-corrected chi connectivity index (χ4v) is 2.29. The number of aromatic nitrogens is 3. The van der Waals surface area contributed by atoms with Crippen LogP contribution in [-0.2, 0) is 6.54 Å². The van der Waals surface area contributed by atoms with Crippen molar-refractivity contribution in [1.82, 2.24) is 15.0 Å². The molecule has 0 bridgehead atoms. The van der Waals surface area contributed by atoms with Gasteiger partial charge in [-0.15, -0.1) is 0 Å². The molecular formula is C18H17F2N5. The van der Waals surface area contributed by atoms with Crippen molar-refractivity contribution in [3.63, 3.8) is 0 Å². The molecule has 0 saturated carbocycles. The van der Waals surface area contributed by atoms with Gasteiger partial charge in [-0.3, -0.25) is 4.98 Å². The number of halogens is 2. The second kappa shape index (κ2) is 7.65. The van der Waals surface area contributed by atoms with Crippen LogP contribution in [0.4, 0.5) is 20.5 Å². The summed E-state index contributed by atoms with van der Waals surface area (Å²) in [5.74, 6) is -0.653. The van der Waals surface area contributed by atoms with Gasteiger partial charge in [0.05, 0.1) is 5.69 Å². The average molecular weight is 341 g/mol. The number of rotatable bonds is 6. The Morgan fingerprint density at radius 1 is 0.920 bits per heavy atom. The molecule has 2 aromatic heterocycles. The van der Waals surface area contributed by atoms with Crippen LogP contribution in [0.25, 0.3) is 11.3 Å². The van der Waals surface area contributed by atoms with E-state index in [9.17, 15) is 8.78 Å². The summed E-state index contributed by atoms with van der Waals surface area (Å²) in [6.45, 7) is 2.95. The highest BCUT2D eigenvalue weighted by atomic mass is 19.2. The molecule has 2 heterocycles. The highest BCUT2D eigenvalue weighted by molar-refractivity contribution is 5.63. The van der Waals surface area contributed by atoms with Crippen molar-refractivity contribution in [3.8, 4) is 11.3 Å². The Balaban J connectivity index is 1.84. The lowest BCUT2D eigenvalue weighted by Gasteiger charge is -2.11. The molecule has 25 heavy (non-hydrogen) atoms. The minimum Gasteiger partial charge on any atom is -0.366 e.